The van der Waals surface area contributed by atoms with Gasteiger partial charge in [0.25, 0.3) is 0 Å². The molecule has 0 aliphatic carbocycles. The maximum absolute atomic E-state index is 10.6. The van der Waals surface area contributed by atoms with Crippen molar-refractivity contribution >= 4 is 27.8 Å². The molecule has 0 bridgehead atoms. The normalized spacial score (nSPS) is 9.69. The lowest BCUT2D eigenvalue weighted by atomic mass is 10.4. The maximum atomic E-state index is 10.6. The standard InChI is InChI=1S/C6H6BrN3O3/c1-13-4-2(7)3(5(11)12)9-6(8)10-4/h1H3,(H,11,12)(H2,8,9,10). The summed E-state index contributed by atoms with van der Waals surface area (Å²) in [7, 11) is 1.36. The van der Waals surface area contributed by atoms with Crippen LogP contribution in [0, 0.1) is 0 Å². The van der Waals surface area contributed by atoms with E-state index in [1.54, 1.807) is 0 Å². The van der Waals surface area contributed by atoms with Crippen molar-refractivity contribution in [1.29, 1.82) is 0 Å². The highest BCUT2D eigenvalue weighted by atomic mass is 79.9. The molecule has 1 heterocycles. The Morgan fingerprint density at radius 1 is 1.62 bits per heavy atom. The summed E-state index contributed by atoms with van der Waals surface area (Å²) in [6, 6.07) is 0. The lowest BCUT2D eigenvalue weighted by molar-refractivity contribution is 0.0688. The van der Waals surface area contributed by atoms with Gasteiger partial charge < -0.3 is 15.6 Å². The number of aromatic nitrogens is 2. The van der Waals surface area contributed by atoms with Gasteiger partial charge in [0, 0.05) is 0 Å². The van der Waals surface area contributed by atoms with E-state index in [1.165, 1.54) is 7.11 Å². The molecule has 1 aromatic heterocycles. The van der Waals surface area contributed by atoms with E-state index in [0.717, 1.165) is 0 Å². The van der Waals surface area contributed by atoms with E-state index in [1.807, 2.05) is 0 Å². The number of carbonyl (C=O) groups is 1. The molecule has 0 amide bonds. The molecule has 70 valence electrons. The summed E-state index contributed by atoms with van der Waals surface area (Å²) in [4.78, 5) is 17.8. The lowest BCUT2D eigenvalue weighted by Crippen LogP contribution is -2.08. The first-order valence-electron chi connectivity index (χ1n) is 3.16. The fourth-order valence-electron chi connectivity index (χ4n) is 0.720. The van der Waals surface area contributed by atoms with Crippen LogP contribution in [0.4, 0.5) is 5.95 Å². The largest absolute Gasteiger partial charge is 0.480 e. The zero-order valence-corrected chi connectivity index (χ0v) is 8.20. The fourth-order valence-corrected chi connectivity index (χ4v) is 1.23. The van der Waals surface area contributed by atoms with Gasteiger partial charge in [0.05, 0.1) is 7.11 Å². The highest BCUT2D eigenvalue weighted by molar-refractivity contribution is 9.10. The summed E-state index contributed by atoms with van der Waals surface area (Å²) < 4.78 is 4.95. The minimum Gasteiger partial charge on any atom is -0.480 e. The number of rotatable bonds is 2. The topological polar surface area (TPSA) is 98.3 Å². The summed E-state index contributed by atoms with van der Waals surface area (Å²) in [5, 5.41) is 8.68. The molecule has 6 nitrogen and oxygen atoms in total. The predicted molar refractivity (Wildman–Crippen MR) is 47.7 cm³/mol. The first-order valence-corrected chi connectivity index (χ1v) is 3.96. The minimum absolute atomic E-state index is 0.102. The second-order valence-corrected chi connectivity index (χ2v) is 2.85. The van der Waals surface area contributed by atoms with Gasteiger partial charge in [0.2, 0.25) is 11.8 Å². The minimum atomic E-state index is -1.20. The van der Waals surface area contributed by atoms with E-state index >= 15 is 0 Å². The van der Waals surface area contributed by atoms with Crippen molar-refractivity contribution in [3.05, 3.63) is 10.2 Å². The van der Waals surface area contributed by atoms with Crippen LogP contribution in [0.2, 0.25) is 0 Å². The van der Waals surface area contributed by atoms with Crippen LogP contribution in [0.25, 0.3) is 0 Å². The van der Waals surface area contributed by atoms with Crippen molar-refractivity contribution in [2.75, 3.05) is 12.8 Å². The van der Waals surface area contributed by atoms with Crippen molar-refractivity contribution < 1.29 is 14.6 Å². The number of nitrogens with two attached hydrogens (primary N) is 1. The summed E-state index contributed by atoms with van der Waals surface area (Å²) in [6.45, 7) is 0. The molecule has 0 atom stereocenters. The number of halogens is 1. The van der Waals surface area contributed by atoms with Gasteiger partial charge in [0.15, 0.2) is 5.69 Å². The Kier molecular flexibility index (Phi) is 2.66. The molecular formula is C6H6BrN3O3. The summed E-state index contributed by atoms with van der Waals surface area (Å²) in [6.07, 6.45) is 0. The van der Waals surface area contributed by atoms with Gasteiger partial charge >= 0.3 is 5.97 Å². The number of nitrogen functional groups attached to an aromatic ring is 1. The average Bonchev–Trinajstić information content (AvgIpc) is 2.08. The lowest BCUT2D eigenvalue weighted by Gasteiger charge is -2.04. The van der Waals surface area contributed by atoms with E-state index in [2.05, 4.69) is 25.9 Å². The van der Waals surface area contributed by atoms with Crippen LogP contribution in [0.15, 0.2) is 4.47 Å². The van der Waals surface area contributed by atoms with Crippen LogP contribution < -0.4 is 10.5 Å². The van der Waals surface area contributed by atoms with Crippen molar-refractivity contribution in [2.24, 2.45) is 0 Å². The molecule has 0 radical (unpaired) electrons. The van der Waals surface area contributed by atoms with Crippen LogP contribution in [-0.2, 0) is 0 Å². The zero-order chi connectivity index (χ0) is 10.0. The SMILES string of the molecule is COc1nc(N)nc(C(=O)O)c1Br. The number of carboxylic acid groups (broad SMARTS) is 1. The Hall–Kier alpha value is -1.37. The van der Waals surface area contributed by atoms with Crippen LogP contribution in [0.5, 0.6) is 5.88 Å². The monoisotopic (exact) mass is 247 g/mol. The zero-order valence-electron chi connectivity index (χ0n) is 6.61. The molecule has 0 spiro atoms. The van der Waals surface area contributed by atoms with Crippen LogP contribution in [-0.4, -0.2) is 28.2 Å². The third-order valence-electron chi connectivity index (χ3n) is 1.23. The number of anilines is 1. The first-order chi connectivity index (χ1) is 6.06. The molecule has 3 N–H and O–H groups in total. The number of ether oxygens (including phenoxy) is 1. The van der Waals surface area contributed by atoms with Gasteiger partial charge in [-0.2, -0.15) is 4.98 Å². The second-order valence-electron chi connectivity index (χ2n) is 2.06. The summed E-state index contributed by atoms with van der Waals surface area (Å²) >= 11 is 2.99. The number of methoxy groups -OCH3 is 1. The third kappa shape index (κ3) is 1.86. The van der Waals surface area contributed by atoms with E-state index in [0.29, 0.717) is 0 Å². The molecule has 0 fully saturated rings. The van der Waals surface area contributed by atoms with Crippen LogP contribution in [0.1, 0.15) is 10.5 Å². The molecular weight excluding hydrogens is 242 g/mol. The highest BCUT2D eigenvalue weighted by Crippen LogP contribution is 2.25. The van der Waals surface area contributed by atoms with E-state index in [-0.39, 0.29) is 22.0 Å². The van der Waals surface area contributed by atoms with E-state index < -0.39 is 5.97 Å². The first kappa shape index (κ1) is 9.72. The number of carboxylic acids is 1. The average molecular weight is 248 g/mol. The smallest absolute Gasteiger partial charge is 0.356 e. The van der Waals surface area contributed by atoms with E-state index in [9.17, 15) is 4.79 Å². The molecule has 0 aliphatic rings. The Bertz CT molecular complexity index is 355. The Balaban J connectivity index is 3.35. The Morgan fingerprint density at radius 2 is 2.23 bits per heavy atom. The number of hydrogen-bond acceptors (Lipinski definition) is 5. The number of aromatic carboxylic acids is 1. The molecule has 0 aliphatic heterocycles. The van der Waals surface area contributed by atoms with Crippen molar-refractivity contribution in [3.8, 4) is 5.88 Å². The highest BCUT2D eigenvalue weighted by Gasteiger charge is 2.16. The maximum Gasteiger partial charge on any atom is 0.356 e. The second kappa shape index (κ2) is 3.56. The van der Waals surface area contributed by atoms with Gasteiger partial charge in [-0.05, 0) is 15.9 Å². The van der Waals surface area contributed by atoms with Crippen molar-refractivity contribution in [2.45, 2.75) is 0 Å². The third-order valence-corrected chi connectivity index (χ3v) is 1.95. The number of nitrogens with zero attached hydrogens (tertiary/aromatic N) is 2. The molecule has 0 saturated heterocycles. The molecule has 0 aromatic carbocycles. The molecule has 1 rings (SSSR count). The van der Waals surface area contributed by atoms with Gasteiger partial charge in [-0.15, -0.1) is 0 Å². The van der Waals surface area contributed by atoms with Crippen LogP contribution in [0.3, 0.4) is 0 Å². The molecule has 0 unspecified atom stereocenters. The summed E-state index contributed by atoms with van der Waals surface area (Å²) in [5.41, 5.74) is 5.04. The fraction of sp³-hybridized carbons (Fsp3) is 0.167. The van der Waals surface area contributed by atoms with E-state index in [4.69, 9.17) is 15.6 Å². The Morgan fingerprint density at radius 3 is 2.69 bits per heavy atom. The van der Waals surface area contributed by atoms with Crippen molar-refractivity contribution in [3.63, 3.8) is 0 Å². The Labute approximate surface area is 81.9 Å². The van der Waals surface area contributed by atoms with Gasteiger partial charge in [-0.1, -0.05) is 0 Å². The quantitative estimate of drug-likeness (QED) is 0.791. The number of hydrogen-bond donors (Lipinski definition) is 2. The molecule has 7 heteroatoms. The molecule has 13 heavy (non-hydrogen) atoms. The summed E-state index contributed by atoms with van der Waals surface area (Å²) in [5.74, 6) is -1.23. The molecule has 0 saturated carbocycles. The van der Waals surface area contributed by atoms with Crippen molar-refractivity contribution in [1.82, 2.24) is 9.97 Å². The van der Waals surface area contributed by atoms with Gasteiger partial charge in [-0.25, -0.2) is 9.78 Å². The van der Waals surface area contributed by atoms with Gasteiger partial charge in [0.1, 0.15) is 4.47 Å². The van der Waals surface area contributed by atoms with Crippen LogP contribution >= 0.6 is 15.9 Å². The molecule has 1 aromatic rings. The predicted octanol–water partition coefficient (Wildman–Crippen LogP) is 0.528. The van der Waals surface area contributed by atoms with Gasteiger partial charge in [-0.3, -0.25) is 0 Å².